The van der Waals surface area contributed by atoms with Gasteiger partial charge < -0.3 is 15.4 Å². The predicted molar refractivity (Wildman–Crippen MR) is 128 cm³/mol. The van der Waals surface area contributed by atoms with Gasteiger partial charge in [0.2, 0.25) is 0 Å². The van der Waals surface area contributed by atoms with Gasteiger partial charge in [0.25, 0.3) is 0 Å². The zero-order chi connectivity index (χ0) is 23.3. The fourth-order valence-corrected chi connectivity index (χ4v) is 4.16. The lowest BCUT2D eigenvalue weighted by Crippen LogP contribution is -2.47. The second-order valence-electron chi connectivity index (χ2n) is 8.54. The van der Waals surface area contributed by atoms with Crippen molar-refractivity contribution in [1.82, 2.24) is 15.4 Å². The predicted octanol–water partition coefficient (Wildman–Crippen LogP) is 2.39. The van der Waals surface area contributed by atoms with Crippen LogP contribution in [0.5, 0.6) is 5.75 Å². The zero-order valence-corrected chi connectivity index (χ0v) is 19.4. The molecule has 3 rings (SSSR count). The molecule has 1 aromatic heterocycles. The van der Waals surface area contributed by atoms with Crippen molar-refractivity contribution in [3.63, 3.8) is 0 Å². The molecule has 8 nitrogen and oxygen atoms in total. The molecule has 176 valence electrons. The Hall–Kier alpha value is -2.91. The zero-order valence-electron chi connectivity index (χ0n) is 19.4. The van der Waals surface area contributed by atoms with Crippen LogP contribution in [-0.2, 0) is 13.0 Å². The quantitative estimate of drug-likeness (QED) is 0.248. The van der Waals surface area contributed by atoms with Crippen LogP contribution < -0.4 is 26.7 Å². The third-order valence-electron chi connectivity index (χ3n) is 5.78. The van der Waals surface area contributed by atoms with Crippen molar-refractivity contribution < 1.29 is 10.6 Å². The summed E-state index contributed by atoms with van der Waals surface area (Å²) in [4.78, 5) is 9.05. The molecule has 1 aromatic carbocycles. The fourth-order valence-electron chi connectivity index (χ4n) is 4.16. The number of hydrazone groups is 1. The van der Waals surface area contributed by atoms with Gasteiger partial charge in [0, 0.05) is 45.9 Å². The number of anilines is 1. The van der Waals surface area contributed by atoms with Gasteiger partial charge in [0.1, 0.15) is 11.6 Å². The number of nitrogens with zero attached hydrogens (tertiary/aromatic N) is 4. The first-order valence-electron chi connectivity index (χ1n) is 10.9. The summed E-state index contributed by atoms with van der Waals surface area (Å²) >= 11 is 0. The second-order valence-corrected chi connectivity index (χ2v) is 8.54. The minimum atomic E-state index is -0.381. The largest absolute Gasteiger partial charge is 0.496 e. The van der Waals surface area contributed by atoms with Crippen LogP contribution in [0.1, 0.15) is 37.7 Å². The van der Waals surface area contributed by atoms with Crippen LogP contribution >= 0.6 is 0 Å². The SMILES string of the molecule is COc1ccnc(CN2CCN(c3cc(CC(C)C)cc(F)c3/C(N)=N/NN)CC2)c1C.[HH]. The topological polar surface area (TPSA) is 105 Å². The highest BCUT2D eigenvalue weighted by Crippen LogP contribution is 2.28. The molecule has 1 aliphatic heterocycles. The lowest BCUT2D eigenvalue weighted by atomic mass is 9.98. The molecular formula is C23H36FN7O. The van der Waals surface area contributed by atoms with E-state index in [1.54, 1.807) is 19.4 Å². The summed E-state index contributed by atoms with van der Waals surface area (Å²) < 4.78 is 20.5. The maximum Gasteiger partial charge on any atom is 0.157 e. The Kier molecular flexibility index (Phi) is 7.87. The van der Waals surface area contributed by atoms with Gasteiger partial charge in [-0.1, -0.05) is 13.8 Å². The lowest BCUT2D eigenvalue weighted by molar-refractivity contribution is 0.246. The Labute approximate surface area is 190 Å². The molecule has 0 spiro atoms. The third-order valence-corrected chi connectivity index (χ3v) is 5.78. The summed E-state index contributed by atoms with van der Waals surface area (Å²) in [6, 6.07) is 5.45. The average molecular weight is 446 g/mol. The summed E-state index contributed by atoms with van der Waals surface area (Å²) in [6.07, 6.45) is 2.57. The minimum absolute atomic E-state index is 0. The maximum absolute atomic E-state index is 15.1. The number of pyridine rings is 1. The van der Waals surface area contributed by atoms with Crippen LogP contribution in [-0.4, -0.2) is 49.0 Å². The number of aromatic nitrogens is 1. The molecule has 5 N–H and O–H groups in total. The number of rotatable bonds is 8. The third kappa shape index (κ3) is 5.46. The number of methoxy groups -OCH3 is 1. The number of nitrogens with two attached hydrogens (primary N) is 2. The summed E-state index contributed by atoms with van der Waals surface area (Å²) in [5.74, 6) is 6.21. The number of piperazine rings is 1. The highest BCUT2D eigenvalue weighted by molar-refractivity contribution is 6.02. The molecule has 0 radical (unpaired) electrons. The van der Waals surface area contributed by atoms with Crippen molar-refractivity contribution in [2.24, 2.45) is 22.6 Å². The molecular weight excluding hydrogens is 409 g/mol. The molecule has 2 aromatic rings. The van der Waals surface area contributed by atoms with E-state index in [9.17, 15) is 0 Å². The van der Waals surface area contributed by atoms with Crippen LogP contribution in [0.25, 0.3) is 0 Å². The fraction of sp³-hybridized carbons (Fsp3) is 0.478. The van der Waals surface area contributed by atoms with Crippen molar-refractivity contribution in [1.29, 1.82) is 0 Å². The van der Waals surface area contributed by atoms with Gasteiger partial charge in [0.15, 0.2) is 5.84 Å². The molecule has 1 fully saturated rings. The molecule has 0 amide bonds. The highest BCUT2D eigenvalue weighted by atomic mass is 19.1. The van der Waals surface area contributed by atoms with E-state index in [2.05, 4.69) is 39.3 Å². The van der Waals surface area contributed by atoms with Crippen molar-refractivity contribution in [3.05, 3.63) is 52.6 Å². The van der Waals surface area contributed by atoms with Crippen LogP contribution in [0.4, 0.5) is 10.1 Å². The van der Waals surface area contributed by atoms with Gasteiger partial charge >= 0.3 is 0 Å². The molecule has 32 heavy (non-hydrogen) atoms. The van der Waals surface area contributed by atoms with Gasteiger partial charge in [-0.25, -0.2) is 15.8 Å². The Morgan fingerprint density at radius 2 is 2.03 bits per heavy atom. The first kappa shape index (κ1) is 23.7. The number of hydrazine groups is 1. The normalized spacial score (nSPS) is 15.3. The van der Waals surface area contributed by atoms with E-state index in [1.165, 1.54) is 0 Å². The van der Waals surface area contributed by atoms with Crippen LogP contribution in [0, 0.1) is 18.7 Å². The van der Waals surface area contributed by atoms with Crippen LogP contribution in [0.15, 0.2) is 29.5 Å². The minimum Gasteiger partial charge on any atom is -0.496 e. The van der Waals surface area contributed by atoms with Crippen molar-refractivity contribution >= 4 is 11.5 Å². The lowest BCUT2D eigenvalue weighted by Gasteiger charge is -2.37. The number of ether oxygens (including phenoxy) is 1. The van der Waals surface area contributed by atoms with Crippen LogP contribution in [0.3, 0.4) is 0 Å². The van der Waals surface area contributed by atoms with E-state index in [4.69, 9.17) is 16.3 Å². The molecule has 1 aliphatic rings. The number of amidine groups is 1. The van der Waals surface area contributed by atoms with Gasteiger partial charge in [0.05, 0.1) is 24.1 Å². The molecule has 0 aliphatic carbocycles. The molecule has 0 saturated carbocycles. The van der Waals surface area contributed by atoms with E-state index < -0.39 is 0 Å². The molecule has 9 heteroatoms. The Balaban J connectivity index is 0.00000385. The Bertz CT molecular complexity index is 962. The number of hydrogen-bond acceptors (Lipinski definition) is 7. The van der Waals surface area contributed by atoms with Crippen molar-refractivity contribution in [3.8, 4) is 5.75 Å². The Morgan fingerprint density at radius 1 is 1.31 bits per heavy atom. The number of halogens is 1. The summed E-state index contributed by atoms with van der Waals surface area (Å²) in [5.41, 5.74) is 12.3. The molecule has 0 unspecified atom stereocenters. The van der Waals surface area contributed by atoms with Gasteiger partial charge in [-0.3, -0.25) is 9.88 Å². The second kappa shape index (κ2) is 10.6. The highest BCUT2D eigenvalue weighted by Gasteiger charge is 2.24. The number of hydrogen-bond donors (Lipinski definition) is 3. The van der Waals surface area contributed by atoms with E-state index in [1.807, 2.05) is 19.1 Å². The number of benzene rings is 1. The Morgan fingerprint density at radius 3 is 2.66 bits per heavy atom. The summed E-state index contributed by atoms with van der Waals surface area (Å²) in [7, 11) is 1.67. The summed E-state index contributed by atoms with van der Waals surface area (Å²) in [5, 5.41) is 3.82. The summed E-state index contributed by atoms with van der Waals surface area (Å²) in [6.45, 7) is 10.1. The van der Waals surface area contributed by atoms with Gasteiger partial charge in [-0.05, 0) is 43.0 Å². The monoisotopic (exact) mass is 445 g/mol. The van der Waals surface area contributed by atoms with E-state index >= 15 is 4.39 Å². The first-order chi connectivity index (χ1) is 15.3. The van der Waals surface area contributed by atoms with Crippen molar-refractivity contribution in [2.75, 3.05) is 38.2 Å². The van der Waals surface area contributed by atoms with E-state index in [-0.39, 0.29) is 18.6 Å². The van der Waals surface area contributed by atoms with E-state index in [0.717, 1.165) is 67.4 Å². The first-order valence-corrected chi connectivity index (χ1v) is 10.9. The molecule has 2 heterocycles. The van der Waals surface area contributed by atoms with Gasteiger partial charge in [-0.2, -0.15) is 0 Å². The molecule has 0 atom stereocenters. The van der Waals surface area contributed by atoms with Gasteiger partial charge in [-0.15, -0.1) is 5.10 Å². The maximum atomic E-state index is 15.1. The molecule has 0 bridgehead atoms. The molecule has 1 saturated heterocycles. The van der Waals surface area contributed by atoms with E-state index in [0.29, 0.717) is 5.92 Å². The van der Waals surface area contributed by atoms with Crippen molar-refractivity contribution in [2.45, 2.75) is 33.7 Å². The van der Waals surface area contributed by atoms with Crippen LogP contribution in [0.2, 0.25) is 0 Å². The standard InChI is InChI=1S/C23H34FN7O.H2/c1-15(2)11-17-12-18(24)22(23(25)28-29-26)20(13-17)31-9-7-30(8-10-31)14-19-16(3)21(32-4)5-6-27-19;/h5-6,12-13,15,29H,7-11,14,26H2,1-4H3,(H2,25,28);1H. The smallest absolute Gasteiger partial charge is 0.157 e. The average Bonchev–Trinajstić information content (AvgIpc) is 2.75. The number of nitrogens with one attached hydrogen (secondary N) is 1.